The van der Waals surface area contributed by atoms with Crippen molar-refractivity contribution in [3.8, 4) is 0 Å². The number of hydrogen-bond acceptors (Lipinski definition) is 5. The molecule has 2 amide bonds. The lowest BCUT2D eigenvalue weighted by molar-refractivity contribution is -0.133. The second-order valence-corrected chi connectivity index (χ2v) is 8.56. The first-order valence-electron chi connectivity index (χ1n) is 11.1. The molecule has 32 heavy (non-hydrogen) atoms. The van der Waals surface area contributed by atoms with Gasteiger partial charge in [-0.05, 0) is 42.5 Å². The quantitative estimate of drug-likeness (QED) is 0.711. The smallest absolute Gasteiger partial charge is 0.237 e. The van der Waals surface area contributed by atoms with E-state index >= 15 is 0 Å². The maximum atomic E-state index is 13.9. The van der Waals surface area contributed by atoms with E-state index in [-0.39, 0.29) is 36.1 Å². The van der Waals surface area contributed by atoms with Crippen LogP contribution >= 0.6 is 0 Å². The second-order valence-electron chi connectivity index (χ2n) is 8.56. The molecule has 4 rings (SSSR count). The number of β-amino-alcohol motifs (C(OH)–C–C–N with tert-alkyl or cyclic N) is 1. The van der Waals surface area contributed by atoms with Gasteiger partial charge in [0.15, 0.2) is 0 Å². The van der Waals surface area contributed by atoms with Crippen molar-refractivity contribution in [1.29, 1.82) is 0 Å². The first kappa shape index (κ1) is 22.4. The van der Waals surface area contributed by atoms with Gasteiger partial charge in [-0.15, -0.1) is 0 Å². The number of aliphatic hydroxyl groups is 1. The van der Waals surface area contributed by atoms with Crippen LogP contribution in [0.2, 0.25) is 0 Å². The van der Waals surface area contributed by atoms with Gasteiger partial charge < -0.3 is 15.3 Å². The van der Waals surface area contributed by atoms with Gasteiger partial charge in [0.2, 0.25) is 11.8 Å². The Hall–Kier alpha value is -2.84. The Labute approximate surface area is 187 Å². The van der Waals surface area contributed by atoms with E-state index in [1.54, 1.807) is 35.5 Å². The highest BCUT2D eigenvalue weighted by molar-refractivity contribution is 5.82. The summed E-state index contributed by atoms with van der Waals surface area (Å²) >= 11 is 0. The van der Waals surface area contributed by atoms with E-state index in [1.165, 1.54) is 6.07 Å². The largest absolute Gasteiger partial charge is 0.392 e. The van der Waals surface area contributed by atoms with Crippen LogP contribution in [0, 0.1) is 5.82 Å². The minimum absolute atomic E-state index is 0.0547. The number of aromatic nitrogens is 1. The Morgan fingerprint density at radius 3 is 2.66 bits per heavy atom. The normalized spacial score (nSPS) is 22.1. The number of nitrogens with zero attached hydrogens (tertiary/aromatic N) is 3. The van der Waals surface area contributed by atoms with Crippen LogP contribution in [0.1, 0.15) is 30.4 Å². The number of nitrogens with one attached hydrogen (secondary N) is 1. The lowest BCUT2D eigenvalue weighted by Gasteiger charge is -2.39. The van der Waals surface area contributed by atoms with Crippen LogP contribution in [0.5, 0.6) is 0 Å². The van der Waals surface area contributed by atoms with Crippen LogP contribution in [0.15, 0.2) is 48.8 Å². The number of halogens is 1. The van der Waals surface area contributed by atoms with Crippen LogP contribution < -0.4 is 5.32 Å². The molecule has 2 fully saturated rings. The maximum Gasteiger partial charge on any atom is 0.237 e. The van der Waals surface area contributed by atoms with Gasteiger partial charge in [0.05, 0.1) is 18.6 Å². The number of rotatable bonds is 6. The van der Waals surface area contributed by atoms with Crippen LogP contribution in [-0.4, -0.2) is 69.5 Å². The zero-order valence-corrected chi connectivity index (χ0v) is 18.0. The minimum Gasteiger partial charge on any atom is -0.392 e. The SMILES string of the molecule is O=C(NCc1cccnc1)[C@@H]1C[C@@H](O)CN1C1CCN(C(=O)Cc2ccccc2F)CC1. The molecule has 2 saturated heterocycles. The average Bonchev–Trinajstić information content (AvgIpc) is 3.21. The van der Waals surface area contributed by atoms with Crippen LogP contribution in [0.25, 0.3) is 0 Å². The molecule has 0 saturated carbocycles. The standard InChI is InChI=1S/C24H29FN4O3/c25-21-6-2-1-5-18(21)12-23(31)28-10-7-19(8-11-28)29-16-20(30)13-22(29)24(32)27-15-17-4-3-9-26-14-17/h1-6,9,14,19-20,22,30H,7-8,10-13,15-16H2,(H,27,32)/t20-,22+/m1/s1. The number of pyridine rings is 1. The summed E-state index contributed by atoms with van der Waals surface area (Å²) in [5.74, 6) is -0.536. The maximum absolute atomic E-state index is 13.9. The van der Waals surface area contributed by atoms with Crippen molar-refractivity contribution in [3.05, 3.63) is 65.7 Å². The summed E-state index contributed by atoms with van der Waals surface area (Å²) in [5.41, 5.74) is 1.33. The third kappa shape index (κ3) is 5.31. The molecule has 3 heterocycles. The molecular formula is C24H29FN4O3. The molecule has 2 aliphatic heterocycles. The third-order valence-corrected chi connectivity index (χ3v) is 6.40. The zero-order chi connectivity index (χ0) is 22.5. The number of likely N-dealkylation sites (tertiary alicyclic amines) is 2. The summed E-state index contributed by atoms with van der Waals surface area (Å²) in [6.07, 6.45) is 4.78. The molecule has 2 atom stereocenters. The van der Waals surface area contributed by atoms with E-state index in [9.17, 15) is 19.1 Å². The Morgan fingerprint density at radius 1 is 1.16 bits per heavy atom. The van der Waals surface area contributed by atoms with E-state index < -0.39 is 6.10 Å². The molecule has 7 nitrogen and oxygen atoms in total. The molecule has 1 aromatic carbocycles. The fraction of sp³-hybridized carbons (Fsp3) is 0.458. The highest BCUT2D eigenvalue weighted by Gasteiger charge is 2.40. The monoisotopic (exact) mass is 440 g/mol. The van der Waals surface area contributed by atoms with Crippen molar-refractivity contribution in [2.24, 2.45) is 0 Å². The second kappa shape index (κ2) is 10.2. The fourth-order valence-corrected chi connectivity index (χ4v) is 4.67. The molecule has 0 spiro atoms. The molecule has 2 aliphatic rings. The van der Waals surface area contributed by atoms with Crippen molar-refractivity contribution in [2.75, 3.05) is 19.6 Å². The summed E-state index contributed by atoms with van der Waals surface area (Å²) in [7, 11) is 0. The number of aliphatic hydroxyl groups excluding tert-OH is 1. The Balaban J connectivity index is 1.31. The van der Waals surface area contributed by atoms with E-state index in [0.29, 0.717) is 38.2 Å². The zero-order valence-electron chi connectivity index (χ0n) is 18.0. The van der Waals surface area contributed by atoms with E-state index in [4.69, 9.17) is 0 Å². The van der Waals surface area contributed by atoms with Gasteiger partial charge in [0.1, 0.15) is 5.82 Å². The topological polar surface area (TPSA) is 85.8 Å². The number of hydrogen-bond donors (Lipinski definition) is 2. The van der Waals surface area contributed by atoms with Crippen molar-refractivity contribution in [1.82, 2.24) is 20.1 Å². The van der Waals surface area contributed by atoms with Crippen LogP contribution in [0.4, 0.5) is 4.39 Å². The number of carbonyl (C=O) groups is 2. The van der Waals surface area contributed by atoms with Gasteiger partial charge in [-0.25, -0.2) is 4.39 Å². The van der Waals surface area contributed by atoms with Gasteiger partial charge in [-0.3, -0.25) is 19.5 Å². The number of piperidine rings is 1. The van der Waals surface area contributed by atoms with Crippen molar-refractivity contribution in [3.63, 3.8) is 0 Å². The van der Waals surface area contributed by atoms with Crippen molar-refractivity contribution in [2.45, 2.75) is 50.4 Å². The average molecular weight is 441 g/mol. The summed E-state index contributed by atoms with van der Waals surface area (Å²) in [5, 5.41) is 13.2. The molecular weight excluding hydrogens is 411 g/mol. The molecule has 0 radical (unpaired) electrons. The van der Waals surface area contributed by atoms with Crippen molar-refractivity contribution >= 4 is 11.8 Å². The summed E-state index contributed by atoms with van der Waals surface area (Å²) in [6.45, 7) is 1.98. The highest BCUT2D eigenvalue weighted by Crippen LogP contribution is 2.27. The molecule has 0 unspecified atom stereocenters. The van der Waals surface area contributed by atoms with E-state index in [0.717, 1.165) is 18.4 Å². The summed E-state index contributed by atoms with van der Waals surface area (Å²) < 4.78 is 13.9. The van der Waals surface area contributed by atoms with Crippen LogP contribution in [0.3, 0.4) is 0 Å². The van der Waals surface area contributed by atoms with E-state index in [1.807, 2.05) is 12.1 Å². The van der Waals surface area contributed by atoms with Gasteiger partial charge in [-0.2, -0.15) is 0 Å². The van der Waals surface area contributed by atoms with Crippen molar-refractivity contribution < 1.29 is 19.1 Å². The molecule has 2 aromatic rings. The Morgan fingerprint density at radius 2 is 1.94 bits per heavy atom. The number of amides is 2. The first-order chi connectivity index (χ1) is 15.5. The van der Waals surface area contributed by atoms with Gasteiger partial charge in [-0.1, -0.05) is 24.3 Å². The number of carbonyl (C=O) groups excluding carboxylic acids is 2. The molecule has 170 valence electrons. The Bertz CT molecular complexity index is 934. The third-order valence-electron chi connectivity index (χ3n) is 6.40. The van der Waals surface area contributed by atoms with Gasteiger partial charge in [0.25, 0.3) is 0 Å². The fourth-order valence-electron chi connectivity index (χ4n) is 4.67. The molecule has 2 N–H and O–H groups in total. The predicted molar refractivity (Wildman–Crippen MR) is 117 cm³/mol. The van der Waals surface area contributed by atoms with E-state index in [2.05, 4.69) is 15.2 Å². The number of benzene rings is 1. The lowest BCUT2D eigenvalue weighted by atomic mass is 10.0. The molecule has 0 bridgehead atoms. The minimum atomic E-state index is -0.537. The molecule has 0 aliphatic carbocycles. The predicted octanol–water partition coefficient (Wildman–Crippen LogP) is 1.51. The first-order valence-corrected chi connectivity index (χ1v) is 11.1. The molecule has 8 heteroatoms. The molecule has 1 aromatic heterocycles. The summed E-state index contributed by atoms with van der Waals surface area (Å²) in [6, 6.07) is 9.83. The summed E-state index contributed by atoms with van der Waals surface area (Å²) in [4.78, 5) is 33.4. The van der Waals surface area contributed by atoms with Gasteiger partial charge >= 0.3 is 0 Å². The van der Waals surface area contributed by atoms with Crippen LogP contribution in [-0.2, 0) is 22.6 Å². The van der Waals surface area contributed by atoms with Gasteiger partial charge in [0, 0.05) is 44.6 Å². The highest BCUT2D eigenvalue weighted by atomic mass is 19.1. The lowest BCUT2D eigenvalue weighted by Crippen LogP contribution is -2.52. The Kier molecular flexibility index (Phi) is 7.12.